The molecule has 3 rings (SSSR count). The monoisotopic (exact) mass is 205 g/mol. The zero-order valence-corrected chi connectivity index (χ0v) is 8.88. The lowest BCUT2D eigenvalue weighted by Crippen LogP contribution is -2.51. The van der Waals surface area contributed by atoms with Crippen LogP contribution in [0.1, 0.15) is 12.5 Å². The Morgan fingerprint density at radius 2 is 2.27 bits per heavy atom. The van der Waals surface area contributed by atoms with Gasteiger partial charge in [-0.25, -0.2) is 0 Å². The Hall–Kier alpha value is -1.22. The molecule has 15 heavy (non-hydrogen) atoms. The summed E-state index contributed by atoms with van der Waals surface area (Å²) < 4.78 is 11.2. The average molecular weight is 205 g/mol. The van der Waals surface area contributed by atoms with Gasteiger partial charge in [-0.1, -0.05) is 12.1 Å². The standard InChI is InChI=1S/C12H15NO2/c1-12(7-14-8-12)15-10-4-2-3-9-5-6-13-11(9)10/h2-4,13H,5-8H2,1H3. The number of anilines is 1. The Labute approximate surface area is 89.4 Å². The van der Waals surface area contributed by atoms with Gasteiger partial charge in [-0.15, -0.1) is 0 Å². The smallest absolute Gasteiger partial charge is 0.153 e. The highest BCUT2D eigenvalue weighted by atomic mass is 16.6. The fourth-order valence-corrected chi connectivity index (χ4v) is 2.11. The highest BCUT2D eigenvalue weighted by molar-refractivity contribution is 5.65. The van der Waals surface area contributed by atoms with E-state index in [0.29, 0.717) is 13.2 Å². The van der Waals surface area contributed by atoms with Gasteiger partial charge < -0.3 is 14.8 Å². The average Bonchev–Trinajstić information content (AvgIpc) is 2.64. The third-order valence-corrected chi connectivity index (χ3v) is 2.98. The first kappa shape index (κ1) is 9.04. The van der Waals surface area contributed by atoms with E-state index in [4.69, 9.17) is 9.47 Å². The van der Waals surface area contributed by atoms with Crippen LogP contribution in [-0.4, -0.2) is 25.4 Å². The molecule has 1 N–H and O–H groups in total. The molecule has 0 atom stereocenters. The third kappa shape index (κ3) is 1.47. The van der Waals surface area contributed by atoms with Crippen molar-refractivity contribution in [2.45, 2.75) is 18.9 Å². The van der Waals surface area contributed by atoms with Gasteiger partial charge in [-0.05, 0) is 25.0 Å². The molecule has 80 valence electrons. The SMILES string of the molecule is CC1(Oc2cccc3c2NCC3)COC1. The van der Waals surface area contributed by atoms with Gasteiger partial charge in [-0.3, -0.25) is 0 Å². The second-order valence-corrected chi connectivity index (χ2v) is 4.51. The number of fused-ring (bicyclic) bond motifs is 1. The predicted molar refractivity (Wildman–Crippen MR) is 58.5 cm³/mol. The van der Waals surface area contributed by atoms with Crippen molar-refractivity contribution in [2.75, 3.05) is 25.1 Å². The fraction of sp³-hybridized carbons (Fsp3) is 0.500. The second-order valence-electron chi connectivity index (χ2n) is 4.51. The largest absolute Gasteiger partial charge is 0.481 e. The number of hydrogen-bond donors (Lipinski definition) is 1. The van der Waals surface area contributed by atoms with E-state index < -0.39 is 0 Å². The summed E-state index contributed by atoms with van der Waals surface area (Å²) in [5.41, 5.74) is 2.40. The molecular formula is C12H15NO2. The summed E-state index contributed by atoms with van der Waals surface area (Å²) in [6.07, 6.45) is 1.10. The quantitative estimate of drug-likeness (QED) is 0.799. The minimum atomic E-state index is -0.126. The van der Waals surface area contributed by atoms with E-state index in [0.717, 1.165) is 18.7 Å². The number of hydrogen-bond acceptors (Lipinski definition) is 3. The van der Waals surface area contributed by atoms with Crippen molar-refractivity contribution in [3.05, 3.63) is 23.8 Å². The van der Waals surface area contributed by atoms with Crippen molar-refractivity contribution in [3.8, 4) is 5.75 Å². The molecule has 0 bridgehead atoms. The Balaban J connectivity index is 1.89. The van der Waals surface area contributed by atoms with Gasteiger partial charge in [-0.2, -0.15) is 0 Å². The molecule has 0 radical (unpaired) electrons. The fourth-order valence-electron chi connectivity index (χ4n) is 2.11. The predicted octanol–water partition coefficient (Wildman–Crippen LogP) is 1.82. The molecule has 1 saturated heterocycles. The Morgan fingerprint density at radius 1 is 1.40 bits per heavy atom. The first-order valence-corrected chi connectivity index (χ1v) is 5.39. The van der Waals surface area contributed by atoms with Gasteiger partial charge in [0.2, 0.25) is 0 Å². The summed E-state index contributed by atoms with van der Waals surface area (Å²) in [6, 6.07) is 6.24. The van der Waals surface area contributed by atoms with E-state index in [1.165, 1.54) is 11.3 Å². The lowest BCUT2D eigenvalue weighted by molar-refractivity contribution is -0.149. The molecule has 0 aromatic heterocycles. The molecule has 1 aromatic rings. The minimum Gasteiger partial charge on any atom is -0.481 e. The molecule has 0 unspecified atom stereocenters. The third-order valence-electron chi connectivity index (χ3n) is 2.98. The molecule has 0 saturated carbocycles. The molecule has 0 spiro atoms. The normalized spacial score (nSPS) is 21.4. The van der Waals surface area contributed by atoms with Crippen molar-refractivity contribution in [2.24, 2.45) is 0 Å². The summed E-state index contributed by atoms with van der Waals surface area (Å²) in [5, 5.41) is 3.37. The Morgan fingerprint density at radius 3 is 3.00 bits per heavy atom. The van der Waals surface area contributed by atoms with Crippen LogP contribution in [0.4, 0.5) is 5.69 Å². The van der Waals surface area contributed by atoms with E-state index in [1.54, 1.807) is 0 Å². The lowest BCUT2D eigenvalue weighted by Gasteiger charge is -2.38. The van der Waals surface area contributed by atoms with Crippen molar-refractivity contribution in [3.63, 3.8) is 0 Å². The van der Waals surface area contributed by atoms with Crippen LogP contribution in [-0.2, 0) is 11.2 Å². The number of ether oxygens (including phenoxy) is 2. The van der Waals surface area contributed by atoms with Crippen LogP contribution >= 0.6 is 0 Å². The second kappa shape index (κ2) is 3.14. The molecule has 0 aliphatic carbocycles. The molecule has 1 fully saturated rings. The van der Waals surface area contributed by atoms with Crippen LogP contribution < -0.4 is 10.1 Å². The van der Waals surface area contributed by atoms with E-state index in [2.05, 4.69) is 24.4 Å². The van der Waals surface area contributed by atoms with Crippen LogP contribution in [0.2, 0.25) is 0 Å². The van der Waals surface area contributed by atoms with Crippen molar-refractivity contribution in [1.82, 2.24) is 0 Å². The van der Waals surface area contributed by atoms with Crippen LogP contribution in [0, 0.1) is 0 Å². The molecule has 3 nitrogen and oxygen atoms in total. The molecule has 0 amide bonds. The summed E-state index contributed by atoms with van der Waals surface area (Å²) in [4.78, 5) is 0. The highest BCUT2D eigenvalue weighted by Crippen LogP contribution is 2.36. The van der Waals surface area contributed by atoms with E-state index >= 15 is 0 Å². The maximum Gasteiger partial charge on any atom is 0.153 e. The van der Waals surface area contributed by atoms with Crippen LogP contribution in [0.5, 0.6) is 5.75 Å². The number of rotatable bonds is 2. The Bertz CT molecular complexity index is 385. The van der Waals surface area contributed by atoms with Gasteiger partial charge in [0.25, 0.3) is 0 Å². The maximum absolute atomic E-state index is 5.99. The molecule has 1 aromatic carbocycles. The van der Waals surface area contributed by atoms with Crippen LogP contribution in [0.25, 0.3) is 0 Å². The molecule has 2 heterocycles. The Kier molecular flexibility index (Phi) is 1.89. The van der Waals surface area contributed by atoms with E-state index in [1.807, 2.05) is 6.07 Å². The van der Waals surface area contributed by atoms with E-state index in [9.17, 15) is 0 Å². The highest BCUT2D eigenvalue weighted by Gasteiger charge is 2.36. The van der Waals surface area contributed by atoms with Crippen molar-refractivity contribution < 1.29 is 9.47 Å². The molecule has 3 heteroatoms. The zero-order valence-electron chi connectivity index (χ0n) is 8.88. The lowest BCUT2D eigenvalue weighted by atomic mass is 10.1. The topological polar surface area (TPSA) is 30.5 Å². The number of benzene rings is 1. The van der Waals surface area contributed by atoms with Crippen molar-refractivity contribution in [1.29, 1.82) is 0 Å². The minimum absolute atomic E-state index is 0.126. The van der Waals surface area contributed by atoms with Gasteiger partial charge in [0.05, 0.1) is 18.9 Å². The van der Waals surface area contributed by atoms with Gasteiger partial charge in [0.1, 0.15) is 5.75 Å². The van der Waals surface area contributed by atoms with Gasteiger partial charge >= 0.3 is 0 Å². The number of para-hydroxylation sites is 1. The summed E-state index contributed by atoms with van der Waals surface area (Å²) in [5.74, 6) is 0.968. The summed E-state index contributed by atoms with van der Waals surface area (Å²) >= 11 is 0. The summed E-state index contributed by atoms with van der Waals surface area (Å²) in [6.45, 7) is 4.49. The zero-order chi connectivity index (χ0) is 10.3. The molecule has 2 aliphatic heterocycles. The summed E-state index contributed by atoms with van der Waals surface area (Å²) in [7, 11) is 0. The van der Waals surface area contributed by atoms with Gasteiger partial charge in [0.15, 0.2) is 5.60 Å². The first-order valence-electron chi connectivity index (χ1n) is 5.39. The first-order chi connectivity index (χ1) is 7.27. The number of nitrogens with one attached hydrogen (secondary N) is 1. The van der Waals surface area contributed by atoms with Crippen molar-refractivity contribution >= 4 is 5.69 Å². The van der Waals surface area contributed by atoms with Crippen LogP contribution in [0.15, 0.2) is 18.2 Å². The molecule has 2 aliphatic rings. The maximum atomic E-state index is 5.99. The van der Waals surface area contributed by atoms with Crippen LogP contribution in [0.3, 0.4) is 0 Å². The molecular weight excluding hydrogens is 190 g/mol. The van der Waals surface area contributed by atoms with Gasteiger partial charge in [0, 0.05) is 6.54 Å². The van der Waals surface area contributed by atoms with E-state index in [-0.39, 0.29) is 5.60 Å².